The lowest BCUT2D eigenvalue weighted by Crippen LogP contribution is -2.33. The number of rotatable bonds is 2. The molecule has 0 spiro atoms. The van der Waals surface area contributed by atoms with Crippen LogP contribution >= 0.6 is 0 Å². The summed E-state index contributed by atoms with van der Waals surface area (Å²) >= 11 is 0. The number of fused-ring (bicyclic) bond motifs is 3. The van der Waals surface area contributed by atoms with Crippen molar-refractivity contribution in [2.75, 3.05) is 5.32 Å². The minimum Gasteiger partial charge on any atom is -0.480 e. The molecule has 6 heteroatoms. The van der Waals surface area contributed by atoms with E-state index in [-0.39, 0.29) is 5.82 Å². The first-order valence-electron chi connectivity index (χ1n) is 10.2. The van der Waals surface area contributed by atoms with E-state index in [2.05, 4.69) is 34.5 Å². The second-order valence-corrected chi connectivity index (χ2v) is 7.76. The molecule has 1 N–H and O–H groups in total. The van der Waals surface area contributed by atoms with Crippen LogP contribution in [0.2, 0.25) is 0 Å². The van der Waals surface area contributed by atoms with Crippen molar-refractivity contribution < 1.29 is 9.13 Å². The summed E-state index contributed by atoms with van der Waals surface area (Å²) in [6, 6.07) is 22.4. The summed E-state index contributed by atoms with van der Waals surface area (Å²) < 4.78 is 23.4. The molecule has 2 aliphatic heterocycles. The fourth-order valence-electron chi connectivity index (χ4n) is 4.55. The lowest BCUT2D eigenvalue weighted by atomic mass is 9.83. The molecule has 152 valence electrons. The SMILES string of the molecule is Cc1ccccc1C1Oc2ccccc2C2=C1C(c1ccccc1F)n1ncnc1N2. The zero-order chi connectivity index (χ0) is 20.9. The van der Waals surface area contributed by atoms with Gasteiger partial charge in [-0.2, -0.15) is 10.1 Å². The van der Waals surface area contributed by atoms with Gasteiger partial charge in [0.05, 0.1) is 5.70 Å². The Morgan fingerprint density at radius 1 is 0.935 bits per heavy atom. The van der Waals surface area contributed by atoms with Gasteiger partial charge >= 0.3 is 0 Å². The van der Waals surface area contributed by atoms with Crippen molar-refractivity contribution in [2.45, 2.75) is 19.1 Å². The fourth-order valence-corrected chi connectivity index (χ4v) is 4.55. The Kier molecular flexibility index (Phi) is 3.93. The summed E-state index contributed by atoms with van der Waals surface area (Å²) in [5, 5.41) is 7.88. The number of aromatic nitrogens is 3. The van der Waals surface area contributed by atoms with Crippen LogP contribution < -0.4 is 10.1 Å². The molecule has 31 heavy (non-hydrogen) atoms. The molecule has 0 amide bonds. The molecule has 3 heterocycles. The summed E-state index contributed by atoms with van der Waals surface area (Å²) in [7, 11) is 0. The Bertz CT molecular complexity index is 1340. The topological polar surface area (TPSA) is 52.0 Å². The van der Waals surface area contributed by atoms with Gasteiger partial charge in [-0.05, 0) is 36.2 Å². The van der Waals surface area contributed by atoms with Gasteiger partial charge < -0.3 is 10.1 Å². The highest BCUT2D eigenvalue weighted by molar-refractivity contribution is 5.85. The van der Waals surface area contributed by atoms with Crippen LogP contribution in [0.4, 0.5) is 10.3 Å². The normalized spacial score (nSPS) is 19.0. The average Bonchev–Trinajstić information content (AvgIpc) is 3.26. The number of ether oxygens (including phenoxy) is 1. The molecule has 2 atom stereocenters. The summed E-state index contributed by atoms with van der Waals surface area (Å²) in [6.45, 7) is 2.06. The van der Waals surface area contributed by atoms with Crippen molar-refractivity contribution in [3.63, 3.8) is 0 Å². The molecule has 2 aliphatic rings. The number of halogens is 1. The molecule has 0 saturated carbocycles. The third-order valence-corrected chi connectivity index (χ3v) is 5.99. The lowest BCUT2D eigenvalue weighted by molar-refractivity contribution is 0.221. The van der Waals surface area contributed by atoms with E-state index in [1.165, 1.54) is 12.4 Å². The average molecular weight is 410 g/mol. The maximum Gasteiger partial charge on any atom is 0.226 e. The van der Waals surface area contributed by atoms with Gasteiger partial charge in [-0.3, -0.25) is 0 Å². The number of nitrogens with zero attached hydrogens (tertiary/aromatic N) is 3. The number of nitrogens with one attached hydrogen (secondary N) is 1. The number of para-hydroxylation sites is 1. The minimum atomic E-state index is -0.493. The highest BCUT2D eigenvalue weighted by atomic mass is 19.1. The number of hydrogen-bond acceptors (Lipinski definition) is 4. The monoisotopic (exact) mass is 410 g/mol. The standard InChI is InChI=1S/C25H19FN4O/c1-15-8-2-3-9-16(15)24-21-22(18-11-5-7-13-20(18)31-24)29-25-27-14-28-30(25)23(21)17-10-4-6-12-19(17)26/h2-14,23-24H,1H3,(H,27,28,29). The van der Waals surface area contributed by atoms with Crippen molar-refractivity contribution in [2.24, 2.45) is 0 Å². The number of anilines is 1. The maximum atomic E-state index is 15.1. The Morgan fingerprint density at radius 3 is 2.52 bits per heavy atom. The van der Waals surface area contributed by atoms with E-state index in [1.807, 2.05) is 42.5 Å². The maximum absolute atomic E-state index is 15.1. The molecule has 0 fully saturated rings. The van der Waals surface area contributed by atoms with Gasteiger partial charge in [0, 0.05) is 16.7 Å². The summed E-state index contributed by atoms with van der Waals surface area (Å²) in [5.74, 6) is 1.07. The smallest absolute Gasteiger partial charge is 0.226 e. The largest absolute Gasteiger partial charge is 0.480 e. The zero-order valence-electron chi connectivity index (χ0n) is 16.8. The second kappa shape index (κ2) is 6.80. The van der Waals surface area contributed by atoms with Crippen LogP contribution in [-0.4, -0.2) is 14.8 Å². The van der Waals surface area contributed by atoms with Gasteiger partial charge in [0.1, 0.15) is 30.0 Å². The van der Waals surface area contributed by atoms with Crippen LogP contribution in [0, 0.1) is 12.7 Å². The first-order valence-corrected chi connectivity index (χ1v) is 10.2. The fraction of sp³-hybridized carbons (Fsp3) is 0.120. The molecule has 0 aliphatic carbocycles. The molecule has 0 bridgehead atoms. The van der Waals surface area contributed by atoms with Crippen molar-refractivity contribution >= 4 is 11.6 Å². The van der Waals surface area contributed by atoms with E-state index >= 15 is 4.39 Å². The number of benzene rings is 3. The molecule has 2 unspecified atom stereocenters. The van der Waals surface area contributed by atoms with Gasteiger partial charge in [0.2, 0.25) is 5.95 Å². The van der Waals surface area contributed by atoms with E-state index in [0.29, 0.717) is 11.5 Å². The van der Waals surface area contributed by atoms with Crippen LogP contribution in [-0.2, 0) is 0 Å². The van der Waals surface area contributed by atoms with Crippen molar-refractivity contribution in [1.82, 2.24) is 14.8 Å². The van der Waals surface area contributed by atoms with Crippen molar-refractivity contribution in [3.05, 3.63) is 113 Å². The first kappa shape index (κ1) is 17.9. The van der Waals surface area contributed by atoms with Crippen LogP contribution in [0.15, 0.2) is 84.7 Å². The van der Waals surface area contributed by atoms with Crippen molar-refractivity contribution in [1.29, 1.82) is 0 Å². The predicted octanol–water partition coefficient (Wildman–Crippen LogP) is 5.29. The van der Waals surface area contributed by atoms with Gasteiger partial charge in [0.25, 0.3) is 0 Å². The Balaban J connectivity index is 1.67. The minimum absolute atomic E-state index is 0.287. The Morgan fingerprint density at radius 2 is 1.68 bits per heavy atom. The summed E-state index contributed by atoms with van der Waals surface area (Å²) in [5.41, 5.74) is 5.41. The number of aryl methyl sites for hydroxylation is 1. The summed E-state index contributed by atoms with van der Waals surface area (Å²) in [4.78, 5) is 4.38. The first-order chi connectivity index (χ1) is 15.2. The lowest BCUT2D eigenvalue weighted by Gasteiger charge is -2.39. The van der Waals surface area contributed by atoms with Gasteiger partial charge in [-0.1, -0.05) is 54.6 Å². The quantitative estimate of drug-likeness (QED) is 0.488. The highest BCUT2D eigenvalue weighted by Gasteiger charge is 2.41. The third-order valence-electron chi connectivity index (χ3n) is 5.99. The number of hydrogen-bond donors (Lipinski definition) is 1. The molecule has 6 rings (SSSR count). The van der Waals surface area contributed by atoms with Gasteiger partial charge in [-0.25, -0.2) is 9.07 Å². The molecule has 3 aromatic carbocycles. The zero-order valence-corrected chi connectivity index (χ0v) is 16.8. The van der Waals surface area contributed by atoms with Gasteiger partial charge in [0.15, 0.2) is 0 Å². The Hall–Kier alpha value is -3.93. The summed E-state index contributed by atoms with van der Waals surface area (Å²) in [6.07, 6.45) is 1.09. The van der Waals surface area contributed by atoms with Crippen LogP contribution in [0.3, 0.4) is 0 Å². The molecule has 4 aromatic rings. The van der Waals surface area contributed by atoms with Crippen LogP contribution in [0.1, 0.15) is 34.4 Å². The van der Waals surface area contributed by atoms with Gasteiger partial charge in [-0.15, -0.1) is 0 Å². The van der Waals surface area contributed by atoms with E-state index < -0.39 is 12.1 Å². The van der Waals surface area contributed by atoms with Crippen LogP contribution in [0.25, 0.3) is 5.70 Å². The van der Waals surface area contributed by atoms with E-state index in [9.17, 15) is 0 Å². The molecule has 0 radical (unpaired) electrons. The molecular weight excluding hydrogens is 391 g/mol. The second-order valence-electron chi connectivity index (χ2n) is 7.76. The highest BCUT2D eigenvalue weighted by Crippen LogP contribution is 2.51. The van der Waals surface area contributed by atoms with E-state index in [0.717, 1.165) is 33.7 Å². The molecule has 0 saturated heterocycles. The van der Waals surface area contributed by atoms with Crippen LogP contribution in [0.5, 0.6) is 5.75 Å². The predicted molar refractivity (Wildman–Crippen MR) is 116 cm³/mol. The third kappa shape index (κ3) is 2.68. The Labute approximate surface area is 178 Å². The molecule has 5 nitrogen and oxygen atoms in total. The molecule has 1 aromatic heterocycles. The van der Waals surface area contributed by atoms with E-state index in [4.69, 9.17) is 4.74 Å². The van der Waals surface area contributed by atoms with Crippen molar-refractivity contribution in [3.8, 4) is 5.75 Å². The molecular formula is C25H19FN4O. The van der Waals surface area contributed by atoms with E-state index in [1.54, 1.807) is 16.8 Å².